The van der Waals surface area contributed by atoms with Crippen LogP contribution in [0.3, 0.4) is 0 Å². The van der Waals surface area contributed by atoms with Crippen LogP contribution in [0.25, 0.3) is 23.0 Å². The molecule has 0 aliphatic heterocycles. The topological polar surface area (TPSA) is 77.8 Å². The van der Waals surface area contributed by atoms with Crippen LogP contribution in [0.2, 0.25) is 0 Å². The molecule has 0 aliphatic carbocycles. The summed E-state index contributed by atoms with van der Waals surface area (Å²) in [6.45, 7) is 0.370. The molecule has 0 atom stereocenters. The molecule has 5 nitrogen and oxygen atoms in total. The molecule has 0 aliphatic rings. The van der Waals surface area contributed by atoms with Crippen molar-refractivity contribution < 1.29 is 8.91 Å². The Morgan fingerprint density at radius 1 is 1.35 bits per heavy atom. The first kappa shape index (κ1) is 13.3. The van der Waals surface area contributed by atoms with E-state index in [-0.39, 0.29) is 5.82 Å². The third-order valence-corrected chi connectivity index (χ3v) is 4.07. The van der Waals surface area contributed by atoms with Gasteiger partial charge in [-0.25, -0.2) is 9.37 Å². The summed E-state index contributed by atoms with van der Waals surface area (Å²) in [5.41, 5.74) is 6.75. The van der Waals surface area contributed by atoms with Crippen LogP contribution in [0.15, 0.2) is 32.6 Å². The number of rotatable bonds is 3. The number of nitrogens with two attached hydrogens (primary N) is 1. The van der Waals surface area contributed by atoms with Crippen molar-refractivity contribution in [2.45, 2.75) is 6.54 Å². The van der Waals surface area contributed by atoms with E-state index in [1.165, 1.54) is 23.5 Å². The van der Waals surface area contributed by atoms with Crippen molar-refractivity contribution in [2.75, 3.05) is 0 Å². The maximum Gasteiger partial charge on any atom is 0.277 e. The van der Waals surface area contributed by atoms with E-state index in [4.69, 9.17) is 10.3 Å². The van der Waals surface area contributed by atoms with Gasteiger partial charge < -0.3 is 10.3 Å². The average molecular weight is 355 g/mol. The summed E-state index contributed by atoms with van der Waals surface area (Å²) < 4.78 is 18.8. The van der Waals surface area contributed by atoms with E-state index >= 15 is 0 Å². The fourth-order valence-electron chi connectivity index (χ4n) is 1.61. The van der Waals surface area contributed by atoms with Crippen molar-refractivity contribution in [1.29, 1.82) is 0 Å². The lowest BCUT2D eigenvalue weighted by molar-refractivity contribution is 0.431. The summed E-state index contributed by atoms with van der Waals surface area (Å²) in [4.78, 5) is 8.53. The Morgan fingerprint density at radius 2 is 2.20 bits per heavy atom. The summed E-state index contributed by atoms with van der Waals surface area (Å²) >= 11 is 4.70. The molecule has 20 heavy (non-hydrogen) atoms. The van der Waals surface area contributed by atoms with Gasteiger partial charge >= 0.3 is 0 Å². The largest absolute Gasteiger partial charge is 0.332 e. The maximum atomic E-state index is 13.1. The van der Waals surface area contributed by atoms with Crippen molar-refractivity contribution in [3.63, 3.8) is 0 Å². The predicted octanol–water partition coefficient (Wildman–Crippen LogP) is 3.22. The standard InChI is InChI=1S/C12H8BrFN4OS/c13-8-3-6(14)1-2-7(8)11-17-12(19-18-11)9-5-20-10(4-15)16-9/h1-3,5H,4,15H2. The molecule has 2 heterocycles. The molecule has 0 saturated heterocycles. The van der Waals surface area contributed by atoms with Crippen LogP contribution in [0.4, 0.5) is 4.39 Å². The van der Waals surface area contributed by atoms with Gasteiger partial charge in [0, 0.05) is 22.0 Å². The Balaban J connectivity index is 1.97. The van der Waals surface area contributed by atoms with Crippen LogP contribution in [-0.4, -0.2) is 15.1 Å². The van der Waals surface area contributed by atoms with E-state index in [0.29, 0.717) is 34.0 Å². The number of halogens is 2. The molecule has 2 N–H and O–H groups in total. The predicted molar refractivity (Wildman–Crippen MR) is 76.4 cm³/mol. The number of benzene rings is 1. The second-order valence-corrected chi connectivity index (χ2v) is 5.67. The fraction of sp³-hybridized carbons (Fsp3) is 0.0833. The number of aromatic nitrogens is 3. The molecule has 0 unspecified atom stereocenters. The lowest BCUT2D eigenvalue weighted by Gasteiger charge is -1.97. The molecule has 8 heteroatoms. The molecule has 0 radical (unpaired) electrons. The second-order valence-electron chi connectivity index (χ2n) is 3.88. The first-order valence-corrected chi connectivity index (χ1v) is 7.28. The Bertz CT molecular complexity index is 758. The van der Waals surface area contributed by atoms with Crippen molar-refractivity contribution in [3.8, 4) is 23.0 Å². The summed E-state index contributed by atoms with van der Waals surface area (Å²) in [5, 5.41) is 6.48. The van der Waals surface area contributed by atoms with Crippen molar-refractivity contribution >= 4 is 27.3 Å². The molecule has 3 aromatic rings. The SMILES string of the molecule is NCc1nc(-c2nc(-c3ccc(F)cc3Br)no2)cs1. The third kappa shape index (κ3) is 2.49. The average Bonchev–Trinajstić information content (AvgIpc) is 3.07. The smallest absolute Gasteiger partial charge is 0.277 e. The Hall–Kier alpha value is -1.64. The summed E-state index contributed by atoms with van der Waals surface area (Å²) in [6.07, 6.45) is 0. The van der Waals surface area contributed by atoms with Crippen LogP contribution in [0, 0.1) is 5.82 Å². The van der Waals surface area contributed by atoms with Crippen LogP contribution in [-0.2, 0) is 6.54 Å². The summed E-state index contributed by atoms with van der Waals surface area (Å²) in [6, 6.07) is 4.27. The van der Waals surface area contributed by atoms with Crippen LogP contribution >= 0.6 is 27.3 Å². The third-order valence-electron chi connectivity index (χ3n) is 2.54. The number of thiazole rings is 1. The number of hydrogen-bond donors (Lipinski definition) is 1. The highest BCUT2D eigenvalue weighted by molar-refractivity contribution is 9.10. The summed E-state index contributed by atoms with van der Waals surface area (Å²) in [5.74, 6) is 0.345. The lowest BCUT2D eigenvalue weighted by atomic mass is 10.2. The van der Waals surface area contributed by atoms with Gasteiger partial charge in [0.15, 0.2) is 0 Å². The minimum atomic E-state index is -0.337. The Kier molecular flexibility index (Phi) is 3.60. The summed E-state index contributed by atoms with van der Waals surface area (Å²) in [7, 11) is 0. The van der Waals surface area contributed by atoms with Crippen LogP contribution in [0.5, 0.6) is 0 Å². The van der Waals surface area contributed by atoms with E-state index in [0.717, 1.165) is 5.01 Å². The van der Waals surface area contributed by atoms with Crippen molar-refractivity contribution in [1.82, 2.24) is 15.1 Å². The molecule has 1 aromatic carbocycles. The van der Waals surface area contributed by atoms with Gasteiger partial charge in [-0.3, -0.25) is 0 Å². The van der Waals surface area contributed by atoms with Gasteiger partial charge in [-0.15, -0.1) is 11.3 Å². The van der Waals surface area contributed by atoms with Crippen molar-refractivity contribution in [2.24, 2.45) is 5.73 Å². The molecule has 102 valence electrons. The minimum absolute atomic E-state index is 0.312. The molecule has 3 rings (SSSR count). The minimum Gasteiger partial charge on any atom is -0.332 e. The highest BCUT2D eigenvalue weighted by Crippen LogP contribution is 2.29. The molecule has 0 bridgehead atoms. The number of hydrogen-bond acceptors (Lipinski definition) is 6. The van der Waals surface area contributed by atoms with E-state index in [1.54, 1.807) is 11.4 Å². The zero-order chi connectivity index (χ0) is 14.1. The number of nitrogens with zero attached hydrogens (tertiary/aromatic N) is 3. The molecular weight excluding hydrogens is 347 g/mol. The van der Waals surface area contributed by atoms with Crippen LogP contribution < -0.4 is 5.73 Å². The fourth-order valence-corrected chi connectivity index (χ4v) is 2.79. The molecule has 0 spiro atoms. The second kappa shape index (κ2) is 5.39. The van der Waals surface area contributed by atoms with Gasteiger partial charge in [-0.2, -0.15) is 4.98 Å². The zero-order valence-corrected chi connectivity index (χ0v) is 12.4. The van der Waals surface area contributed by atoms with Crippen molar-refractivity contribution in [3.05, 3.63) is 38.9 Å². The Morgan fingerprint density at radius 3 is 2.90 bits per heavy atom. The monoisotopic (exact) mass is 354 g/mol. The molecule has 2 aromatic heterocycles. The van der Waals surface area contributed by atoms with Gasteiger partial charge in [-0.05, 0) is 34.1 Å². The first-order chi connectivity index (χ1) is 9.67. The highest BCUT2D eigenvalue weighted by atomic mass is 79.9. The quantitative estimate of drug-likeness (QED) is 0.781. The van der Waals surface area contributed by atoms with E-state index in [9.17, 15) is 4.39 Å². The van der Waals surface area contributed by atoms with E-state index < -0.39 is 0 Å². The van der Waals surface area contributed by atoms with Gasteiger partial charge in [0.2, 0.25) is 5.82 Å². The van der Waals surface area contributed by atoms with E-state index in [1.807, 2.05) is 0 Å². The van der Waals surface area contributed by atoms with Gasteiger partial charge in [0.25, 0.3) is 5.89 Å². The molecule has 0 saturated carbocycles. The maximum absolute atomic E-state index is 13.1. The van der Waals surface area contributed by atoms with Gasteiger partial charge in [0.1, 0.15) is 16.5 Å². The highest BCUT2D eigenvalue weighted by Gasteiger charge is 2.15. The molecule has 0 amide bonds. The van der Waals surface area contributed by atoms with Gasteiger partial charge in [0.05, 0.1) is 0 Å². The molecular formula is C12H8BrFN4OS. The first-order valence-electron chi connectivity index (χ1n) is 5.61. The van der Waals surface area contributed by atoms with E-state index in [2.05, 4.69) is 31.1 Å². The van der Waals surface area contributed by atoms with Gasteiger partial charge in [-0.1, -0.05) is 5.16 Å². The molecule has 0 fully saturated rings. The zero-order valence-electron chi connectivity index (χ0n) is 10.0. The van der Waals surface area contributed by atoms with Crippen LogP contribution in [0.1, 0.15) is 5.01 Å². The lowest BCUT2D eigenvalue weighted by Crippen LogP contribution is -1.94. The Labute approximate surface area is 125 Å². The normalized spacial score (nSPS) is 10.9.